The monoisotopic (exact) mass is 137 g/mol. The Morgan fingerprint density at radius 3 is 2.25 bits per heavy atom. The van der Waals surface area contributed by atoms with Crippen molar-refractivity contribution in [2.45, 2.75) is 6.92 Å². The molecule has 0 heterocycles. The second-order valence-electron chi connectivity index (χ2n) is 0.998. The highest BCUT2D eigenvalue weighted by Gasteiger charge is 1.94. The molecule has 0 saturated carbocycles. The highest BCUT2D eigenvalue weighted by molar-refractivity contribution is 6.61. The molecule has 1 N–H and O–H groups in total. The van der Waals surface area contributed by atoms with E-state index in [9.17, 15) is 9.59 Å². The summed E-state index contributed by atoms with van der Waals surface area (Å²) in [7, 11) is 0. The molecule has 0 aliphatic rings. The minimum Gasteiger partial charge on any atom is -0.326 e. The van der Waals surface area contributed by atoms with Crippen molar-refractivity contribution < 1.29 is 14.4 Å². The van der Waals surface area contributed by atoms with Gasteiger partial charge >= 0.3 is 5.43 Å². The zero-order valence-electron chi connectivity index (χ0n) is 4.10. The Morgan fingerprint density at radius 2 is 2.12 bits per heavy atom. The van der Waals surface area contributed by atoms with Gasteiger partial charge in [0.15, 0.2) is 0 Å². The number of hydroxylamine groups is 1. The first-order chi connectivity index (χ1) is 3.63. The topological polar surface area (TPSA) is 55.4 Å². The van der Waals surface area contributed by atoms with Crippen LogP contribution in [0.1, 0.15) is 6.92 Å². The zero-order chi connectivity index (χ0) is 6.57. The fraction of sp³-hybridized carbons (Fsp3) is 0.333. The molecule has 0 fully saturated rings. The number of halogens is 1. The maximum Gasteiger partial charge on any atom is 0.427 e. The maximum atomic E-state index is 9.90. The molecule has 0 aromatic carbocycles. The van der Waals surface area contributed by atoms with E-state index >= 15 is 0 Å². The van der Waals surface area contributed by atoms with Crippen LogP contribution in [0.4, 0.5) is 4.79 Å². The molecule has 0 radical (unpaired) electrons. The third-order valence-electron chi connectivity index (χ3n) is 0.275. The van der Waals surface area contributed by atoms with Gasteiger partial charge in [0.25, 0.3) is 0 Å². The van der Waals surface area contributed by atoms with Crippen LogP contribution in [0, 0.1) is 0 Å². The molecule has 0 rings (SSSR count). The zero-order valence-corrected chi connectivity index (χ0v) is 4.86. The fourth-order valence-electron chi connectivity index (χ4n) is 0.112. The highest BCUT2D eigenvalue weighted by atomic mass is 35.5. The molecule has 0 aliphatic carbocycles. The number of nitrogens with one attached hydrogen (secondary N) is 1. The van der Waals surface area contributed by atoms with Crippen LogP contribution < -0.4 is 5.48 Å². The molecule has 5 heteroatoms. The van der Waals surface area contributed by atoms with Gasteiger partial charge in [0.2, 0.25) is 5.91 Å². The summed E-state index contributed by atoms with van der Waals surface area (Å²) in [6.07, 6.45) is 0. The van der Waals surface area contributed by atoms with Gasteiger partial charge in [0.05, 0.1) is 0 Å². The summed E-state index contributed by atoms with van der Waals surface area (Å²) in [5.41, 5.74) is 0.669. The Bertz CT molecular complexity index is 99.1. The lowest BCUT2D eigenvalue weighted by Gasteiger charge is -1.94. The Morgan fingerprint density at radius 1 is 1.62 bits per heavy atom. The molecule has 4 nitrogen and oxygen atoms in total. The first kappa shape index (κ1) is 7.23. The Balaban J connectivity index is 3.18. The molecule has 0 aromatic heterocycles. The lowest BCUT2D eigenvalue weighted by atomic mass is 10.8. The maximum absolute atomic E-state index is 9.90. The summed E-state index contributed by atoms with van der Waals surface area (Å²) in [4.78, 5) is 23.4. The highest BCUT2D eigenvalue weighted by Crippen LogP contribution is 1.80. The largest absolute Gasteiger partial charge is 0.427 e. The number of carbonyl (C=O) groups excluding carboxylic acids is 2. The van der Waals surface area contributed by atoms with Crippen molar-refractivity contribution in [3.8, 4) is 0 Å². The van der Waals surface area contributed by atoms with Crippen molar-refractivity contribution in [2.24, 2.45) is 0 Å². The predicted octanol–water partition coefficient (Wildman–Crippen LogP) is 0.413. The van der Waals surface area contributed by atoms with E-state index in [1.165, 1.54) is 6.92 Å². The molecule has 0 atom stereocenters. The van der Waals surface area contributed by atoms with E-state index in [-0.39, 0.29) is 0 Å². The van der Waals surface area contributed by atoms with Gasteiger partial charge in [0, 0.05) is 18.5 Å². The smallest absolute Gasteiger partial charge is 0.326 e. The van der Waals surface area contributed by atoms with Crippen LogP contribution in [-0.4, -0.2) is 11.3 Å². The predicted molar refractivity (Wildman–Crippen MR) is 26.2 cm³/mol. The second-order valence-corrected chi connectivity index (χ2v) is 1.31. The molecule has 0 aliphatic heterocycles. The van der Waals surface area contributed by atoms with Crippen LogP contribution in [0.5, 0.6) is 0 Å². The summed E-state index contributed by atoms with van der Waals surface area (Å²) in [5.74, 6) is -0.473. The van der Waals surface area contributed by atoms with Crippen molar-refractivity contribution >= 4 is 22.9 Å². The lowest BCUT2D eigenvalue weighted by Crippen LogP contribution is -2.21. The van der Waals surface area contributed by atoms with Gasteiger partial charge in [0.1, 0.15) is 0 Å². The average molecular weight is 138 g/mol. The van der Waals surface area contributed by atoms with Crippen LogP contribution in [-0.2, 0) is 9.63 Å². The fourth-order valence-corrected chi connectivity index (χ4v) is 0.151. The minimum atomic E-state index is -1.06. The van der Waals surface area contributed by atoms with Gasteiger partial charge in [-0.3, -0.25) is 4.79 Å². The van der Waals surface area contributed by atoms with E-state index in [4.69, 9.17) is 0 Å². The van der Waals surface area contributed by atoms with E-state index < -0.39 is 11.3 Å². The van der Waals surface area contributed by atoms with E-state index in [0.29, 0.717) is 0 Å². The number of amides is 1. The Labute approximate surface area is 50.7 Å². The minimum absolute atomic E-state index is 0.473. The van der Waals surface area contributed by atoms with Gasteiger partial charge in [-0.15, -0.1) is 0 Å². The van der Waals surface area contributed by atoms with Gasteiger partial charge in [-0.05, 0) is 0 Å². The number of hydrogen-bond donors (Lipinski definition) is 1. The first-order valence-electron chi connectivity index (χ1n) is 1.76. The van der Waals surface area contributed by atoms with Gasteiger partial charge in [-0.25, -0.2) is 4.79 Å². The van der Waals surface area contributed by atoms with Crippen molar-refractivity contribution in [2.75, 3.05) is 0 Å². The van der Waals surface area contributed by atoms with Crippen LogP contribution in [0.25, 0.3) is 0 Å². The van der Waals surface area contributed by atoms with Crippen LogP contribution in [0.2, 0.25) is 0 Å². The average Bonchev–Trinajstić information content (AvgIpc) is 1.61. The number of carbonyl (C=O) groups is 2. The standard InChI is InChI=1S/C3H4ClNO3/c1-2(6)5-8-3(4)7/h1H3,(H,5,6). The second kappa shape index (κ2) is 3.26. The van der Waals surface area contributed by atoms with Gasteiger partial charge < -0.3 is 4.84 Å². The summed E-state index contributed by atoms with van der Waals surface area (Å²) in [5, 5.41) is 0. The quantitative estimate of drug-likeness (QED) is 0.389. The van der Waals surface area contributed by atoms with Crippen molar-refractivity contribution in [1.29, 1.82) is 0 Å². The van der Waals surface area contributed by atoms with Crippen molar-refractivity contribution in [1.82, 2.24) is 5.48 Å². The van der Waals surface area contributed by atoms with Gasteiger partial charge in [-0.2, -0.15) is 5.48 Å². The molecule has 0 saturated heterocycles. The summed E-state index contributed by atoms with van der Waals surface area (Å²) < 4.78 is 0. The molecule has 1 amide bonds. The molecule has 0 bridgehead atoms. The van der Waals surface area contributed by atoms with E-state index in [1.54, 1.807) is 5.48 Å². The molecule has 0 unspecified atom stereocenters. The lowest BCUT2D eigenvalue weighted by molar-refractivity contribution is -0.126. The number of rotatable bonds is 0. The third-order valence-corrected chi connectivity index (χ3v) is 0.352. The molecular weight excluding hydrogens is 133 g/mol. The van der Waals surface area contributed by atoms with Crippen LogP contribution in [0.15, 0.2) is 0 Å². The van der Waals surface area contributed by atoms with Crippen molar-refractivity contribution in [3.05, 3.63) is 0 Å². The summed E-state index contributed by atoms with van der Waals surface area (Å²) in [6, 6.07) is 0. The molecular formula is C3H4ClNO3. The SMILES string of the molecule is CC(=O)NOC(=O)Cl. The molecule has 8 heavy (non-hydrogen) atoms. The van der Waals surface area contributed by atoms with E-state index in [2.05, 4.69) is 16.4 Å². The summed E-state index contributed by atoms with van der Waals surface area (Å²) in [6.45, 7) is 1.19. The normalized spacial score (nSPS) is 7.75. The van der Waals surface area contributed by atoms with Crippen LogP contribution >= 0.6 is 11.6 Å². The number of hydrogen-bond acceptors (Lipinski definition) is 3. The summed E-state index contributed by atoms with van der Waals surface area (Å²) >= 11 is 4.65. The first-order valence-corrected chi connectivity index (χ1v) is 2.13. The Hall–Kier alpha value is -0.770. The van der Waals surface area contributed by atoms with Gasteiger partial charge in [-0.1, -0.05) is 0 Å². The molecule has 46 valence electrons. The molecule has 0 aromatic rings. The van der Waals surface area contributed by atoms with E-state index in [0.717, 1.165) is 0 Å². The molecule has 0 spiro atoms. The van der Waals surface area contributed by atoms with Crippen LogP contribution in [0.3, 0.4) is 0 Å². The van der Waals surface area contributed by atoms with Crippen molar-refractivity contribution in [3.63, 3.8) is 0 Å². The van der Waals surface area contributed by atoms with E-state index in [1.807, 2.05) is 0 Å². The Kier molecular flexibility index (Phi) is 2.95. The third kappa shape index (κ3) is 5.23.